The maximum Gasteiger partial charge on any atom is 0.416 e. The summed E-state index contributed by atoms with van der Waals surface area (Å²) < 4.78 is 49.7. The summed E-state index contributed by atoms with van der Waals surface area (Å²) in [5.41, 5.74) is -1.59. The van der Waals surface area contributed by atoms with Crippen molar-refractivity contribution in [2.75, 3.05) is 0 Å². The van der Waals surface area contributed by atoms with Gasteiger partial charge in [-0.25, -0.2) is 9.79 Å². The van der Waals surface area contributed by atoms with Gasteiger partial charge in [0.1, 0.15) is 5.75 Å². The fourth-order valence-corrected chi connectivity index (χ4v) is 3.56. The minimum absolute atomic E-state index is 0.0313. The van der Waals surface area contributed by atoms with E-state index in [0.717, 1.165) is 6.07 Å². The highest BCUT2D eigenvalue weighted by atomic mass is 35.5. The molecule has 0 fully saturated rings. The van der Waals surface area contributed by atoms with Crippen LogP contribution in [0.4, 0.5) is 18.9 Å². The van der Waals surface area contributed by atoms with Crippen LogP contribution in [0.3, 0.4) is 0 Å². The number of nitro benzene ring substituents is 1. The summed E-state index contributed by atoms with van der Waals surface area (Å²) in [6, 6.07) is 12.5. The van der Waals surface area contributed by atoms with Gasteiger partial charge in [-0.15, -0.1) is 0 Å². The number of halogens is 5. The second-order valence-electron chi connectivity index (χ2n) is 7.04. The number of carbonyl (C=O) groups excluding carboxylic acids is 1. The third-order valence-corrected chi connectivity index (χ3v) is 5.24. The molecule has 1 aliphatic heterocycles. The molecule has 0 spiro atoms. The Morgan fingerprint density at radius 3 is 2.46 bits per heavy atom. The number of hydrogen-bond donors (Lipinski definition) is 0. The summed E-state index contributed by atoms with van der Waals surface area (Å²) in [7, 11) is 0. The molecule has 3 aromatic rings. The van der Waals surface area contributed by atoms with E-state index in [0.29, 0.717) is 22.7 Å². The molecule has 0 saturated carbocycles. The van der Waals surface area contributed by atoms with E-state index >= 15 is 0 Å². The van der Waals surface area contributed by atoms with E-state index in [1.807, 2.05) is 0 Å². The molecular weight excluding hydrogens is 512 g/mol. The first-order chi connectivity index (χ1) is 16.5. The van der Waals surface area contributed by atoms with Crippen LogP contribution in [-0.4, -0.2) is 16.8 Å². The number of para-hydroxylation sites is 1. The highest BCUT2D eigenvalue weighted by Gasteiger charge is 2.33. The smallest absolute Gasteiger partial charge is 0.416 e. The van der Waals surface area contributed by atoms with Crippen LogP contribution in [0, 0.1) is 10.1 Å². The standard InChI is InChI=1S/C23H11Cl2F3N2O5/c24-14-6-7-15(16(25)11-14)21-29-17(22(31)35-21)9-12-3-1-2-4-19(12)34-20-8-5-13(23(26,27)28)10-18(20)30(32)33/h1-11H/b17-9-. The summed E-state index contributed by atoms with van der Waals surface area (Å²) in [5, 5.41) is 12.0. The first kappa shape index (κ1) is 24.2. The highest BCUT2D eigenvalue weighted by Crippen LogP contribution is 2.39. The minimum atomic E-state index is -4.77. The summed E-state index contributed by atoms with van der Waals surface area (Å²) in [6.07, 6.45) is -3.46. The Bertz CT molecular complexity index is 1420. The van der Waals surface area contributed by atoms with Crippen molar-refractivity contribution in [1.82, 2.24) is 0 Å². The number of benzene rings is 3. The molecule has 1 aliphatic rings. The van der Waals surface area contributed by atoms with Gasteiger partial charge in [0.15, 0.2) is 5.70 Å². The average Bonchev–Trinajstić information content (AvgIpc) is 3.14. The largest absolute Gasteiger partial charge is 0.449 e. The molecule has 178 valence electrons. The molecule has 0 aliphatic carbocycles. The number of aliphatic imine (C=N–C) groups is 1. The van der Waals surface area contributed by atoms with Crippen LogP contribution in [-0.2, 0) is 15.7 Å². The zero-order valence-corrected chi connectivity index (χ0v) is 18.7. The van der Waals surface area contributed by atoms with E-state index in [1.54, 1.807) is 18.2 Å². The summed E-state index contributed by atoms with van der Waals surface area (Å²) in [4.78, 5) is 26.9. The van der Waals surface area contributed by atoms with Crippen molar-refractivity contribution < 1.29 is 32.4 Å². The maximum atomic E-state index is 13.0. The molecule has 4 rings (SSSR count). The van der Waals surface area contributed by atoms with Crippen LogP contribution < -0.4 is 4.74 Å². The normalized spacial score (nSPS) is 14.6. The molecule has 0 amide bonds. The first-order valence-electron chi connectivity index (χ1n) is 9.63. The van der Waals surface area contributed by atoms with Gasteiger partial charge in [0, 0.05) is 16.7 Å². The van der Waals surface area contributed by atoms with Gasteiger partial charge in [-0.2, -0.15) is 13.2 Å². The average molecular weight is 523 g/mol. The van der Waals surface area contributed by atoms with Crippen LogP contribution >= 0.6 is 23.2 Å². The Balaban J connectivity index is 1.70. The number of ether oxygens (including phenoxy) is 2. The van der Waals surface area contributed by atoms with Crippen LogP contribution in [0.2, 0.25) is 10.0 Å². The molecule has 12 heteroatoms. The number of esters is 1. The lowest BCUT2D eigenvalue weighted by Gasteiger charge is -2.11. The Kier molecular flexibility index (Phi) is 6.51. The van der Waals surface area contributed by atoms with Gasteiger partial charge in [-0.05, 0) is 42.5 Å². The van der Waals surface area contributed by atoms with Crippen molar-refractivity contribution in [1.29, 1.82) is 0 Å². The predicted octanol–water partition coefficient (Wildman–Crippen LogP) is 7.06. The molecule has 0 atom stereocenters. The molecule has 7 nitrogen and oxygen atoms in total. The van der Waals surface area contributed by atoms with E-state index in [1.165, 1.54) is 30.3 Å². The molecular formula is C23H11Cl2F3N2O5. The Hall–Kier alpha value is -3.89. The minimum Gasteiger partial charge on any atom is -0.449 e. The molecule has 0 radical (unpaired) electrons. The number of carbonyl (C=O) groups is 1. The lowest BCUT2D eigenvalue weighted by molar-refractivity contribution is -0.385. The van der Waals surface area contributed by atoms with E-state index in [-0.39, 0.29) is 27.9 Å². The van der Waals surface area contributed by atoms with Crippen molar-refractivity contribution in [3.05, 3.63) is 103 Å². The molecule has 35 heavy (non-hydrogen) atoms. The quantitative estimate of drug-likeness (QED) is 0.155. The predicted molar refractivity (Wildman–Crippen MR) is 122 cm³/mol. The Morgan fingerprint density at radius 2 is 1.77 bits per heavy atom. The topological polar surface area (TPSA) is 91.0 Å². The second kappa shape index (κ2) is 9.40. The third kappa shape index (κ3) is 5.28. The maximum absolute atomic E-state index is 13.0. The van der Waals surface area contributed by atoms with Crippen LogP contribution in [0.15, 0.2) is 71.4 Å². The summed E-state index contributed by atoms with van der Waals surface area (Å²) in [6.45, 7) is 0. The van der Waals surface area contributed by atoms with E-state index < -0.39 is 34.1 Å². The van der Waals surface area contributed by atoms with Gasteiger partial charge in [0.2, 0.25) is 11.6 Å². The van der Waals surface area contributed by atoms with E-state index in [2.05, 4.69) is 4.99 Å². The Labute approximate surface area is 205 Å². The molecule has 0 saturated heterocycles. The fraction of sp³-hybridized carbons (Fsp3) is 0.0435. The molecule has 0 bridgehead atoms. The number of rotatable bonds is 5. The van der Waals surface area contributed by atoms with Crippen LogP contribution in [0.1, 0.15) is 16.7 Å². The summed E-state index contributed by atoms with van der Waals surface area (Å²) >= 11 is 12.0. The number of nitro groups is 1. The zero-order chi connectivity index (χ0) is 25.3. The molecule has 0 aromatic heterocycles. The molecule has 0 unspecified atom stereocenters. The van der Waals surface area contributed by atoms with Gasteiger partial charge >= 0.3 is 17.8 Å². The van der Waals surface area contributed by atoms with Crippen molar-refractivity contribution in [2.45, 2.75) is 6.18 Å². The number of hydrogen-bond acceptors (Lipinski definition) is 6. The van der Waals surface area contributed by atoms with Crippen molar-refractivity contribution in [3.8, 4) is 11.5 Å². The molecule has 0 N–H and O–H groups in total. The second-order valence-corrected chi connectivity index (χ2v) is 7.88. The SMILES string of the molecule is O=C1OC(c2ccc(Cl)cc2Cl)=N/C1=C\c1ccccc1Oc1ccc(C(F)(F)F)cc1[N+](=O)[O-]. The number of cyclic esters (lactones) is 1. The van der Waals surface area contributed by atoms with Gasteiger partial charge in [-0.1, -0.05) is 41.4 Å². The lowest BCUT2D eigenvalue weighted by Crippen LogP contribution is -2.06. The van der Waals surface area contributed by atoms with E-state index in [4.69, 9.17) is 32.7 Å². The van der Waals surface area contributed by atoms with Crippen molar-refractivity contribution >= 4 is 46.8 Å². The van der Waals surface area contributed by atoms with Gasteiger partial charge < -0.3 is 9.47 Å². The molecule has 1 heterocycles. The van der Waals surface area contributed by atoms with Crippen molar-refractivity contribution in [2.24, 2.45) is 4.99 Å². The van der Waals surface area contributed by atoms with Crippen LogP contribution in [0.25, 0.3) is 6.08 Å². The van der Waals surface area contributed by atoms with Crippen molar-refractivity contribution in [3.63, 3.8) is 0 Å². The number of alkyl halides is 3. The molecule has 3 aromatic carbocycles. The first-order valence-corrected chi connectivity index (χ1v) is 10.4. The summed E-state index contributed by atoms with van der Waals surface area (Å²) in [5.74, 6) is -1.23. The monoisotopic (exact) mass is 522 g/mol. The fourth-order valence-electron chi connectivity index (χ4n) is 3.07. The van der Waals surface area contributed by atoms with Gasteiger partial charge in [0.25, 0.3) is 0 Å². The van der Waals surface area contributed by atoms with Gasteiger partial charge in [-0.3, -0.25) is 10.1 Å². The lowest BCUT2D eigenvalue weighted by atomic mass is 10.1. The number of nitrogens with zero attached hydrogens (tertiary/aromatic N) is 2. The highest BCUT2D eigenvalue weighted by molar-refractivity contribution is 6.37. The third-order valence-electron chi connectivity index (χ3n) is 4.70. The van der Waals surface area contributed by atoms with Crippen LogP contribution in [0.5, 0.6) is 11.5 Å². The van der Waals surface area contributed by atoms with Gasteiger partial charge in [0.05, 0.1) is 21.1 Å². The zero-order valence-electron chi connectivity index (χ0n) is 17.2. The Morgan fingerprint density at radius 1 is 1.03 bits per heavy atom. The van der Waals surface area contributed by atoms with E-state index in [9.17, 15) is 28.1 Å².